The number of hydrogen-bond donors (Lipinski definition) is 1. The van der Waals surface area contributed by atoms with Crippen molar-refractivity contribution in [2.75, 3.05) is 26.2 Å². The van der Waals surface area contributed by atoms with E-state index >= 15 is 0 Å². The summed E-state index contributed by atoms with van der Waals surface area (Å²) >= 11 is 0. The Morgan fingerprint density at radius 3 is 2.48 bits per heavy atom. The first-order valence-corrected chi connectivity index (χ1v) is 8.83. The molecule has 1 N–H and O–H groups in total. The van der Waals surface area contributed by atoms with Crippen LogP contribution in [-0.4, -0.2) is 31.1 Å². The smallest absolute Gasteiger partial charge is 0.0236 e. The van der Waals surface area contributed by atoms with Crippen LogP contribution in [0.25, 0.3) is 0 Å². The molecule has 0 aliphatic carbocycles. The van der Waals surface area contributed by atoms with Gasteiger partial charge in [-0.25, -0.2) is 0 Å². The van der Waals surface area contributed by atoms with Gasteiger partial charge >= 0.3 is 0 Å². The molecule has 0 bridgehead atoms. The van der Waals surface area contributed by atoms with Crippen LogP contribution in [0.5, 0.6) is 0 Å². The largest absolute Gasteiger partial charge is 0.317 e. The monoisotopic (exact) mass is 288 g/mol. The van der Waals surface area contributed by atoms with Crippen molar-refractivity contribution < 1.29 is 0 Å². The highest BCUT2D eigenvalue weighted by atomic mass is 15.1. The van der Waals surface area contributed by atoms with E-state index in [2.05, 4.69) is 48.3 Å². The Balaban J connectivity index is 1.85. The molecule has 2 nitrogen and oxygen atoms in total. The SMILES string of the molecule is CCCC1CCN(Cc2ccccc2CCNCC)CC1. The average Bonchev–Trinajstić information content (AvgIpc) is 2.51. The summed E-state index contributed by atoms with van der Waals surface area (Å²) in [5.41, 5.74) is 3.05. The fraction of sp³-hybridized carbons (Fsp3) is 0.684. The molecular weight excluding hydrogens is 256 g/mol. The Morgan fingerprint density at radius 1 is 1.10 bits per heavy atom. The molecule has 1 fully saturated rings. The number of benzene rings is 1. The average molecular weight is 288 g/mol. The number of hydrogen-bond acceptors (Lipinski definition) is 2. The predicted molar refractivity (Wildman–Crippen MR) is 91.6 cm³/mol. The Kier molecular flexibility index (Phi) is 7.25. The summed E-state index contributed by atoms with van der Waals surface area (Å²) in [6.07, 6.45) is 6.71. The maximum Gasteiger partial charge on any atom is 0.0236 e. The van der Waals surface area contributed by atoms with Crippen molar-refractivity contribution in [3.63, 3.8) is 0 Å². The fourth-order valence-electron chi connectivity index (χ4n) is 3.44. The van der Waals surface area contributed by atoms with Crippen molar-refractivity contribution in [1.29, 1.82) is 0 Å². The third-order valence-corrected chi connectivity index (χ3v) is 4.74. The van der Waals surface area contributed by atoms with Crippen LogP contribution < -0.4 is 5.32 Å². The standard InChI is InChI=1S/C19H32N2/c1-3-7-17-11-14-21(15-12-17)16-19-9-6-5-8-18(19)10-13-20-4-2/h5-6,8-9,17,20H,3-4,7,10-16H2,1-2H3. The molecule has 0 atom stereocenters. The van der Waals surface area contributed by atoms with Crippen molar-refractivity contribution in [3.05, 3.63) is 35.4 Å². The second kappa shape index (κ2) is 9.22. The van der Waals surface area contributed by atoms with Gasteiger partial charge in [0, 0.05) is 6.54 Å². The quantitative estimate of drug-likeness (QED) is 0.731. The van der Waals surface area contributed by atoms with Gasteiger partial charge in [0.1, 0.15) is 0 Å². The first-order chi connectivity index (χ1) is 10.3. The van der Waals surface area contributed by atoms with Gasteiger partial charge in [0.2, 0.25) is 0 Å². The minimum atomic E-state index is 0.982. The van der Waals surface area contributed by atoms with Crippen LogP contribution in [0.1, 0.15) is 50.7 Å². The van der Waals surface area contributed by atoms with Crippen molar-refractivity contribution in [3.8, 4) is 0 Å². The topological polar surface area (TPSA) is 15.3 Å². The summed E-state index contributed by atoms with van der Waals surface area (Å²) in [5, 5.41) is 3.43. The normalized spacial score (nSPS) is 17.2. The molecule has 1 aliphatic heterocycles. The van der Waals surface area contributed by atoms with Crippen molar-refractivity contribution in [2.45, 2.75) is 52.5 Å². The molecule has 0 radical (unpaired) electrons. The van der Waals surface area contributed by atoms with Gasteiger partial charge in [-0.15, -0.1) is 0 Å². The highest BCUT2D eigenvalue weighted by molar-refractivity contribution is 5.27. The maximum absolute atomic E-state index is 3.43. The van der Waals surface area contributed by atoms with Gasteiger partial charge in [-0.05, 0) is 62.5 Å². The number of piperidine rings is 1. The van der Waals surface area contributed by atoms with Gasteiger partial charge in [-0.1, -0.05) is 51.0 Å². The lowest BCUT2D eigenvalue weighted by atomic mass is 9.92. The van der Waals surface area contributed by atoms with Crippen LogP contribution >= 0.6 is 0 Å². The molecule has 1 saturated heterocycles. The number of rotatable bonds is 8. The predicted octanol–water partition coefficient (Wildman–Crippen LogP) is 3.85. The van der Waals surface area contributed by atoms with E-state index in [9.17, 15) is 0 Å². The lowest BCUT2D eigenvalue weighted by Gasteiger charge is -2.32. The van der Waals surface area contributed by atoms with E-state index in [0.717, 1.165) is 32.0 Å². The Hall–Kier alpha value is -0.860. The molecule has 1 aliphatic rings. The Labute approximate surface area is 130 Å². The van der Waals surface area contributed by atoms with Gasteiger partial charge in [-0.3, -0.25) is 4.90 Å². The van der Waals surface area contributed by atoms with Gasteiger partial charge in [-0.2, -0.15) is 0 Å². The zero-order valence-electron chi connectivity index (χ0n) is 13.9. The molecule has 1 aromatic rings. The summed E-state index contributed by atoms with van der Waals surface area (Å²) in [6.45, 7) is 10.3. The minimum absolute atomic E-state index is 0.982. The van der Waals surface area contributed by atoms with E-state index in [1.807, 2.05) is 0 Å². The molecule has 0 unspecified atom stereocenters. The van der Waals surface area contributed by atoms with Gasteiger partial charge in [0.05, 0.1) is 0 Å². The molecule has 21 heavy (non-hydrogen) atoms. The lowest BCUT2D eigenvalue weighted by molar-refractivity contribution is 0.171. The van der Waals surface area contributed by atoms with Gasteiger partial charge in [0.25, 0.3) is 0 Å². The molecule has 1 aromatic carbocycles. The Bertz CT molecular complexity index is 394. The fourth-order valence-corrected chi connectivity index (χ4v) is 3.44. The maximum atomic E-state index is 3.43. The molecule has 1 heterocycles. The minimum Gasteiger partial charge on any atom is -0.317 e. The second-order valence-electron chi connectivity index (χ2n) is 6.38. The number of likely N-dealkylation sites (tertiary alicyclic amines) is 1. The summed E-state index contributed by atoms with van der Waals surface area (Å²) in [7, 11) is 0. The number of nitrogens with zero attached hydrogens (tertiary/aromatic N) is 1. The van der Waals surface area contributed by atoms with E-state index in [1.54, 1.807) is 0 Å². The third kappa shape index (κ3) is 5.44. The zero-order valence-corrected chi connectivity index (χ0v) is 13.9. The summed E-state index contributed by atoms with van der Waals surface area (Å²) in [4.78, 5) is 2.65. The van der Waals surface area contributed by atoms with Crippen LogP contribution in [-0.2, 0) is 13.0 Å². The van der Waals surface area contributed by atoms with E-state index in [1.165, 1.54) is 49.9 Å². The van der Waals surface area contributed by atoms with Gasteiger partial charge < -0.3 is 5.32 Å². The molecule has 2 rings (SSSR count). The van der Waals surface area contributed by atoms with Crippen molar-refractivity contribution >= 4 is 0 Å². The molecule has 2 heteroatoms. The lowest BCUT2D eigenvalue weighted by Crippen LogP contribution is -2.33. The molecule has 0 saturated carbocycles. The highest BCUT2D eigenvalue weighted by Crippen LogP contribution is 2.23. The number of likely N-dealkylation sites (N-methyl/N-ethyl adjacent to an activating group) is 1. The molecule has 0 spiro atoms. The van der Waals surface area contributed by atoms with E-state index in [0.29, 0.717) is 0 Å². The molecular formula is C19H32N2. The molecule has 0 amide bonds. The first kappa shape index (κ1) is 16.5. The van der Waals surface area contributed by atoms with E-state index < -0.39 is 0 Å². The van der Waals surface area contributed by atoms with E-state index in [4.69, 9.17) is 0 Å². The third-order valence-electron chi connectivity index (χ3n) is 4.74. The molecule has 118 valence electrons. The van der Waals surface area contributed by atoms with Crippen LogP contribution in [0.4, 0.5) is 0 Å². The van der Waals surface area contributed by atoms with E-state index in [-0.39, 0.29) is 0 Å². The van der Waals surface area contributed by atoms with Crippen LogP contribution in [0.15, 0.2) is 24.3 Å². The number of nitrogens with one attached hydrogen (secondary N) is 1. The first-order valence-electron chi connectivity index (χ1n) is 8.83. The molecule has 0 aromatic heterocycles. The summed E-state index contributed by atoms with van der Waals surface area (Å²) in [5.74, 6) is 0.982. The highest BCUT2D eigenvalue weighted by Gasteiger charge is 2.18. The second-order valence-corrected chi connectivity index (χ2v) is 6.38. The van der Waals surface area contributed by atoms with Gasteiger partial charge in [0.15, 0.2) is 0 Å². The summed E-state index contributed by atoms with van der Waals surface area (Å²) < 4.78 is 0. The zero-order chi connectivity index (χ0) is 14.9. The Morgan fingerprint density at radius 2 is 1.81 bits per heavy atom. The summed E-state index contributed by atoms with van der Waals surface area (Å²) in [6, 6.07) is 8.99. The van der Waals surface area contributed by atoms with Crippen LogP contribution in [0.3, 0.4) is 0 Å². The van der Waals surface area contributed by atoms with Crippen LogP contribution in [0, 0.1) is 5.92 Å². The van der Waals surface area contributed by atoms with Crippen molar-refractivity contribution in [2.24, 2.45) is 5.92 Å². The van der Waals surface area contributed by atoms with Crippen molar-refractivity contribution in [1.82, 2.24) is 10.2 Å². The van der Waals surface area contributed by atoms with Crippen LogP contribution in [0.2, 0.25) is 0 Å².